The summed E-state index contributed by atoms with van der Waals surface area (Å²) in [4.78, 5) is 8.11. The minimum absolute atomic E-state index is 0.122. The van der Waals surface area contributed by atoms with Crippen LogP contribution in [-0.4, -0.2) is 27.2 Å². The first-order valence-electron chi connectivity index (χ1n) is 4.92. The third kappa shape index (κ3) is 1.92. The molecular formula is C10H14ClN3O. The van der Waals surface area contributed by atoms with Gasteiger partial charge in [-0.25, -0.2) is 9.97 Å². The summed E-state index contributed by atoms with van der Waals surface area (Å²) in [6.45, 7) is 4.05. The van der Waals surface area contributed by atoms with Crippen LogP contribution >= 0.6 is 11.6 Å². The van der Waals surface area contributed by atoms with Gasteiger partial charge in [0.05, 0.1) is 23.5 Å². The van der Waals surface area contributed by atoms with Gasteiger partial charge >= 0.3 is 0 Å². The Morgan fingerprint density at radius 2 is 2.07 bits per heavy atom. The van der Waals surface area contributed by atoms with Gasteiger partial charge in [0.25, 0.3) is 0 Å². The molecule has 0 spiro atoms. The van der Waals surface area contributed by atoms with Crippen LogP contribution in [0.3, 0.4) is 0 Å². The summed E-state index contributed by atoms with van der Waals surface area (Å²) in [5.74, 6) is 0.560. The molecule has 1 heterocycles. The van der Waals surface area contributed by atoms with Gasteiger partial charge in [0.2, 0.25) is 5.95 Å². The Kier molecular flexibility index (Phi) is 2.56. The van der Waals surface area contributed by atoms with Gasteiger partial charge in [-0.05, 0) is 6.42 Å². The maximum absolute atomic E-state index is 9.57. The fourth-order valence-corrected chi connectivity index (χ4v) is 1.79. The van der Waals surface area contributed by atoms with E-state index in [2.05, 4.69) is 15.3 Å². The van der Waals surface area contributed by atoms with Crippen LogP contribution in [0.4, 0.5) is 5.95 Å². The van der Waals surface area contributed by atoms with E-state index in [-0.39, 0.29) is 17.6 Å². The third-order valence-corrected chi connectivity index (χ3v) is 3.33. The van der Waals surface area contributed by atoms with Crippen molar-refractivity contribution in [2.45, 2.75) is 32.4 Å². The second-order valence-electron chi connectivity index (χ2n) is 4.49. The molecule has 1 fully saturated rings. The Hall–Kier alpha value is -0.870. The van der Waals surface area contributed by atoms with E-state index in [1.807, 2.05) is 13.8 Å². The van der Waals surface area contributed by atoms with Gasteiger partial charge in [0.15, 0.2) is 0 Å². The van der Waals surface area contributed by atoms with Gasteiger partial charge in [0.1, 0.15) is 0 Å². The Bertz CT molecular complexity index is 352. The molecule has 1 aromatic rings. The van der Waals surface area contributed by atoms with E-state index in [9.17, 15) is 5.11 Å². The first-order chi connectivity index (χ1) is 7.00. The van der Waals surface area contributed by atoms with Gasteiger partial charge < -0.3 is 10.4 Å². The van der Waals surface area contributed by atoms with Crippen molar-refractivity contribution in [1.29, 1.82) is 0 Å². The zero-order valence-corrected chi connectivity index (χ0v) is 9.49. The van der Waals surface area contributed by atoms with Crippen molar-refractivity contribution in [3.63, 3.8) is 0 Å². The van der Waals surface area contributed by atoms with E-state index in [0.717, 1.165) is 6.42 Å². The average molecular weight is 228 g/mol. The van der Waals surface area contributed by atoms with Crippen molar-refractivity contribution < 1.29 is 5.11 Å². The number of aromatic nitrogens is 2. The Morgan fingerprint density at radius 1 is 1.47 bits per heavy atom. The summed E-state index contributed by atoms with van der Waals surface area (Å²) in [5.41, 5.74) is -0.122. The predicted molar refractivity (Wildman–Crippen MR) is 58.9 cm³/mol. The molecule has 1 saturated carbocycles. The highest BCUT2D eigenvalue weighted by atomic mass is 35.5. The molecule has 0 aliphatic heterocycles. The zero-order valence-electron chi connectivity index (χ0n) is 8.74. The van der Waals surface area contributed by atoms with Gasteiger partial charge in [-0.3, -0.25) is 0 Å². The molecule has 1 aliphatic carbocycles. The van der Waals surface area contributed by atoms with E-state index in [4.69, 9.17) is 11.6 Å². The van der Waals surface area contributed by atoms with Gasteiger partial charge in [0, 0.05) is 11.5 Å². The molecule has 0 bridgehead atoms. The van der Waals surface area contributed by atoms with E-state index >= 15 is 0 Å². The van der Waals surface area contributed by atoms with Gasteiger partial charge in [-0.2, -0.15) is 0 Å². The molecule has 2 unspecified atom stereocenters. The first-order valence-corrected chi connectivity index (χ1v) is 5.30. The summed E-state index contributed by atoms with van der Waals surface area (Å²) < 4.78 is 0. The number of hydrogen-bond acceptors (Lipinski definition) is 4. The average Bonchev–Trinajstić information content (AvgIpc) is 2.21. The quantitative estimate of drug-likeness (QED) is 0.808. The number of aliphatic hydroxyl groups is 1. The SMILES string of the molecule is CC1(C)C(O)CC1Nc1ncc(Cl)cn1. The standard InChI is InChI=1S/C10H14ClN3O/c1-10(2)7(3-8(10)15)14-9-12-4-6(11)5-13-9/h4-5,7-8,15H,3H2,1-2H3,(H,12,13,14). The van der Waals surface area contributed by atoms with E-state index < -0.39 is 0 Å². The second-order valence-corrected chi connectivity index (χ2v) is 4.93. The monoisotopic (exact) mass is 227 g/mol. The molecule has 4 nitrogen and oxygen atoms in total. The largest absolute Gasteiger partial charge is 0.392 e. The Labute approximate surface area is 93.7 Å². The lowest BCUT2D eigenvalue weighted by molar-refractivity contribution is -0.0512. The normalized spacial score (nSPS) is 28.3. The fourth-order valence-electron chi connectivity index (χ4n) is 1.69. The number of hydrogen-bond donors (Lipinski definition) is 2. The van der Waals surface area contributed by atoms with E-state index in [1.165, 1.54) is 0 Å². The number of nitrogens with one attached hydrogen (secondary N) is 1. The molecule has 1 aromatic heterocycles. The molecule has 0 amide bonds. The van der Waals surface area contributed by atoms with Crippen molar-refractivity contribution in [3.8, 4) is 0 Å². The number of halogens is 1. The highest BCUT2D eigenvalue weighted by Gasteiger charge is 2.47. The summed E-state index contributed by atoms with van der Waals surface area (Å²) in [6.07, 6.45) is 3.60. The smallest absolute Gasteiger partial charge is 0.222 e. The molecule has 1 aliphatic rings. The van der Waals surface area contributed by atoms with Crippen molar-refractivity contribution >= 4 is 17.5 Å². The van der Waals surface area contributed by atoms with Crippen LogP contribution in [0.15, 0.2) is 12.4 Å². The summed E-state index contributed by atoms with van der Waals surface area (Å²) in [6, 6.07) is 0.216. The second kappa shape index (κ2) is 3.61. The topological polar surface area (TPSA) is 58.0 Å². The highest BCUT2D eigenvalue weighted by molar-refractivity contribution is 6.30. The van der Waals surface area contributed by atoms with Crippen LogP contribution in [-0.2, 0) is 0 Å². The molecule has 2 rings (SSSR count). The Balaban J connectivity index is 2.02. The molecule has 0 radical (unpaired) electrons. The number of anilines is 1. The van der Waals surface area contributed by atoms with Gasteiger partial charge in [-0.15, -0.1) is 0 Å². The molecule has 2 N–H and O–H groups in total. The summed E-state index contributed by atoms with van der Waals surface area (Å²) in [7, 11) is 0. The zero-order chi connectivity index (χ0) is 11.1. The molecule has 15 heavy (non-hydrogen) atoms. The van der Waals surface area contributed by atoms with Crippen molar-refractivity contribution in [3.05, 3.63) is 17.4 Å². The predicted octanol–water partition coefficient (Wildman–Crippen LogP) is 1.70. The van der Waals surface area contributed by atoms with Crippen LogP contribution in [0.1, 0.15) is 20.3 Å². The molecular weight excluding hydrogens is 214 g/mol. The maximum Gasteiger partial charge on any atom is 0.222 e. The highest BCUT2D eigenvalue weighted by Crippen LogP contribution is 2.41. The molecule has 0 saturated heterocycles. The summed E-state index contributed by atoms with van der Waals surface area (Å²) in [5, 5.41) is 13.3. The van der Waals surface area contributed by atoms with Crippen molar-refractivity contribution in [2.75, 3.05) is 5.32 Å². The van der Waals surface area contributed by atoms with Crippen LogP contribution in [0.5, 0.6) is 0 Å². The van der Waals surface area contributed by atoms with E-state index in [0.29, 0.717) is 11.0 Å². The minimum atomic E-state index is -0.248. The third-order valence-electron chi connectivity index (χ3n) is 3.14. The van der Waals surface area contributed by atoms with Crippen LogP contribution in [0, 0.1) is 5.41 Å². The number of rotatable bonds is 2. The van der Waals surface area contributed by atoms with Gasteiger partial charge in [-0.1, -0.05) is 25.4 Å². The molecule has 0 aromatic carbocycles. The fraction of sp³-hybridized carbons (Fsp3) is 0.600. The molecule has 2 atom stereocenters. The lowest BCUT2D eigenvalue weighted by Crippen LogP contribution is -2.57. The van der Waals surface area contributed by atoms with Crippen LogP contribution in [0.25, 0.3) is 0 Å². The van der Waals surface area contributed by atoms with Crippen LogP contribution < -0.4 is 5.32 Å². The lowest BCUT2D eigenvalue weighted by atomic mass is 9.65. The minimum Gasteiger partial charge on any atom is -0.392 e. The molecule has 82 valence electrons. The maximum atomic E-state index is 9.57. The van der Waals surface area contributed by atoms with Crippen molar-refractivity contribution in [2.24, 2.45) is 5.41 Å². The lowest BCUT2D eigenvalue weighted by Gasteiger charge is -2.49. The first kappa shape index (κ1) is 10.6. The summed E-state index contributed by atoms with van der Waals surface area (Å²) >= 11 is 5.68. The number of aliphatic hydroxyl groups excluding tert-OH is 1. The van der Waals surface area contributed by atoms with Crippen LogP contribution in [0.2, 0.25) is 5.02 Å². The van der Waals surface area contributed by atoms with E-state index in [1.54, 1.807) is 12.4 Å². The Morgan fingerprint density at radius 3 is 2.53 bits per heavy atom. The van der Waals surface area contributed by atoms with Crippen molar-refractivity contribution in [1.82, 2.24) is 9.97 Å². The molecule has 5 heteroatoms. The number of nitrogens with zero attached hydrogens (tertiary/aromatic N) is 2.